The number of benzene rings is 2. The van der Waals surface area contributed by atoms with Crippen LogP contribution in [0.15, 0.2) is 36.4 Å². The molecule has 21 heavy (non-hydrogen) atoms. The number of anilines is 2. The van der Waals surface area contributed by atoms with Crippen LogP contribution >= 0.6 is 11.6 Å². The van der Waals surface area contributed by atoms with E-state index >= 15 is 0 Å². The van der Waals surface area contributed by atoms with Crippen LogP contribution in [0.1, 0.15) is 10.4 Å². The van der Waals surface area contributed by atoms with Crippen LogP contribution in [-0.4, -0.2) is 10.8 Å². The van der Waals surface area contributed by atoms with Crippen LogP contribution < -0.4 is 11.1 Å². The number of nitro groups is 1. The van der Waals surface area contributed by atoms with Gasteiger partial charge < -0.3 is 11.1 Å². The molecule has 0 aliphatic heterocycles. The number of para-hydroxylation sites is 1. The molecular weight excluding hydrogens is 301 g/mol. The Hall–Kier alpha value is -2.67. The maximum atomic E-state index is 13.3. The van der Waals surface area contributed by atoms with Crippen molar-refractivity contribution in [3.63, 3.8) is 0 Å². The van der Waals surface area contributed by atoms with Crippen molar-refractivity contribution < 1.29 is 14.1 Å². The van der Waals surface area contributed by atoms with Gasteiger partial charge in [0.05, 0.1) is 9.95 Å². The predicted molar refractivity (Wildman–Crippen MR) is 76.9 cm³/mol. The lowest BCUT2D eigenvalue weighted by Gasteiger charge is -2.07. The van der Waals surface area contributed by atoms with Crippen molar-refractivity contribution in [2.24, 2.45) is 0 Å². The van der Waals surface area contributed by atoms with Crippen molar-refractivity contribution in [1.29, 1.82) is 0 Å². The van der Waals surface area contributed by atoms with E-state index in [0.29, 0.717) is 0 Å². The Morgan fingerprint density at radius 2 is 2.05 bits per heavy atom. The molecule has 3 N–H and O–H groups in total. The van der Waals surface area contributed by atoms with Gasteiger partial charge in [-0.1, -0.05) is 17.7 Å². The summed E-state index contributed by atoms with van der Waals surface area (Å²) in [6, 6.07) is 7.65. The van der Waals surface area contributed by atoms with Crippen LogP contribution in [0.3, 0.4) is 0 Å². The van der Waals surface area contributed by atoms with Gasteiger partial charge in [0.2, 0.25) is 0 Å². The first kappa shape index (κ1) is 14.7. The zero-order valence-corrected chi connectivity index (χ0v) is 11.2. The average molecular weight is 310 g/mol. The summed E-state index contributed by atoms with van der Waals surface area (Å²) in [5.74, 6) is -1.48. The maximum Gasteiger partial charge on any atom is 0.304 e. The summed E-state index contributed by atoms with van der Waals surface area (Å²) in [4.78, 5) is 22.3. The first-order valence-electron chi connectivity index (χ1n) is 5.69. The van der Waals surface area contributed by atoms with Gasteiger partial charge in [-0.2, -0.15) is 0 Å². The van der Waals surface area contributed by atoms with E-state index in [-0.39, 0.29) is 22.0 Å². The standard InChI is InChI=1S/C13H9ClFN3O3/c14-9-5-4-7(6-10(9)15)17-13(19)8-2-1-3-11(16)12(8)18(20)21/h1-6H,16H2,(H,17,19). The summed E-state index contributed by atoms with van der Waals surface area (Å²) in [5, 5.41) is 13.2. The topological polar surface area (TPSA) is 98.3 Å². The second-order valence-electron chi connectivity index (χ2n) is 4.08. The summed E-state index contributed by atoms with van der Waals surface area (Å²) < 4.78 is 13.3. The number of amides is 1. The molecule has 0 atom stereocenters. The third-order valence-corrected chi connectivity index (χ3v) is 2.98. The van der Waals surface area contributed by atoms with E-state index < -0.39 is 22.3 Å². The van der Waals surface area contributed by atoms with Crippen molar-refractivity contribution in [2.45, 2.75) is 0 Å². The van der Waals surface area contributed by atoms with Gasteiger partial charge in [0, 0.05) is 5.69 Å². The van der Waals surface area contributed by atoms with Crippen molar-refractivity contribution in [3.8, 4) is 0 Å². The van der Waals surface area contributed by atoms with Gasteiger partial charge in [-0.05, 0) is 30.3 Å². The number of nitrogen functional groups attached to an aromatic ring is 1. The molecule has 0 radical (unpaired) electrons. The number of nitrogens with zero attached hydrogens (tertiary/aromatic N) is 1. The van der Waals surface area contributed by atoms with Gasteiger partial charge in [-0.15, -0.1) is 0 Å². The number of hydrogen-bond acceptors (Lipinski definition) is 4. The SMILES string of the molecule is Nc1cccc(C(=O)Nc2ccc(Cl)c(F)c2)c1[N+](=O)[O-]. The van der Waals surface area contributed by atoms with E-state index in [2.05, 4.69) is 5.32 Å². The Bertz CT molecular complexity index is 737. The molecule has 0 saturated carbocycles. The Morgan fingerprint density at radius 3 is 2.67 bits per heavy atom. The maximum absolute atomic E-state index is 13.3. The fraction of sp³-hybridized carbons (Fsp3) is 0. The van der Waals surface area contributed by atoms with Crippen LogP contribution in [0, 0.1) is 15.9 Å². The Balaban J connectivity index is 2.35. The van der Waals surface area contributed by atoms with E-state index in [1.807, 2.05) is 0 Å². The monoisotopic (exact) mass is 309 g/mol. The third-order valence-electron chi connectivity index (χ3n) is 2.67. The lowest BCUT2D eigenvalue weighted by Crippen LogP contribution is -2.15. The Morgan fingerprint density at radius 1 is 1.33 bits per heavy atom. The summed E-state index contributed by atoms with van der Waals surface area (Å²) in [7, 11) is 0. The van der Waals surface area contributed by atoms with Gasteiger partial charge in [0.25, 0.3) is 5.91 Å². The molecule has 0 aliphatic carbocycles. The second kappa shape index (κ2) is 5.76. The molecule has 0 aromatic heterocycles. The molecule has 0 unspecified atom stereocenters. The van der Waals surface area contributed by atoms with Crippen molar-refractivity contribution >= 4 is 34.6 Å². The van der Waals surface area contributed by atoms with Gasteiger partial charge in [-0.25, -0.2) is 4.39 Å². The lowest BCUT2D eigenvalue weighted by molar-refractivity contribution is -0.384. The summed E-state index contributed by atoms with van der Waals surface area (Å²) in [5.41, 5.74) is 4.78. The highest BCUT2D eigenvalue weighted by molar-refractivity contribution is 6.30. The highest BCUT2D eigenvalue weighted by Gasteiger charge is 2.23. The Kier molecular flexibility index (Phi) is 4.04. The summed E-state index contributed by atoms with van der Waals surface area (Å²) in [6.45, 7) is 0. The molecule has 0 aliphatic rings. The van der Waals surface area contributed by atoms with E-state index in [1.165, 1.54) is 30.3 Å². The molecule has 6 nitrogen and oxygen atoms in total. The summed E-state index contributed by atoms with van der Waals surface area (Å²) >= 11 is 5.53. The molecule has 2 rings (SSSR count). The zero-order chi connectivity index (χ0) is 15.6. The molecule has 1 amide bonds. The van der Waals surface area contributed by atoms with Crippen molar-refractivity contribution in [2.75, 3.05) is 11.1 Å². The average Bonchev–Trinajstić information content (AvgIpc) is 2.42. The molecule has 108 valence electrons. The number of carbonyl (C=O) groups is 1. The molecule has 0 saturated heterocycles. The number of nitrogens with two attached hydrogens (primary N) is 1. The highest BCUT2D eigenvalue weighted by atomic mass is 35.5. The van der Waals surface area contributed by atoms with Crippen LogP contribution in [0.4, 0.5) is 21.5 Å². The molecule has 2 aromatic rings. The van der Waals surface area contributed by atoms with E-state index in [4.69, 9.17) is 17.3 Å². The largest absolute Gasteiger partial charge is 0.393 e. The van der Waals surface area contributed by atoms with Crippen LogP contribution in [0.25, 0.3) is 0 Å². The summed E-state index contributed by atoms with van der Waals surface area (Å²) in [6.07, 6.45) is 0. The van der Waals surface area contributed by atoms with Gasteiger partial charge in [0.15, 0.2) is 0 Å². The fourth-order valence-corrected chi connectivity index (χ4v) is 1.84. The van der Waals surface area contributed by atoms with E-state index in [1.54, 1.807) is 0 Å². The lowest BCUT2D eigenvalue weighted by atomic mass is 10.1. The van der Waals surface area contributed by atoms with E-state index in [9.17, 15) is 19.3 Å². The predicted octanol–water partition coefficient (Wildman–Crippen LogP) is 3.22. The van der Waals surface area contributed by atoms with Crippen LogP contribution in [0.2, 0.25) is 5.02 Å². The number of nitro benzene ring substituents is 1. The van der Waals surface area contributed by atoms with Gasteiger partial charge in [-0.3, -0.25) is 14.9 Å². The van der Waals surface area contributed by atoms with Crippen molar-refractivity contribution in [1.82, 2.24) is 0 Å². The number of carbonyl (C=O) groups excluding carboxylic acids is 1. The Labute approximate surface area is 123 Å². The molecular formula is C13H9ClFN3O3. The molecule has 2 aromatic carbocycles. The fourth-order valence-electron chi connectivity index (χ4n) is 1.72. The zero-order valence-electron chi connectivity index (χ0n) is 10.5. The number of nitrogens with one attached hydrogen (secondary N) is 1. The third kappa shape index (κ3) is 3.09. The normalized spacial score (nSPS) is 10.2. The van der Waals surface area contributed by atoms with Crippen LogP contribution in [-0.2, 0) is 0 Å². The number of halogens is 2. The molecule has 0 fully saturated rings. The molecule has 8 heteroatoms. The molecule has 0 bridgehead atoms. The first-order chi connectivity index (χ1) is 9.90. The smallest absolute Gasteiger partial charge is 0.304 e. The number of rotatable bonds is 3. The minimum absolute atomic E-state index is 0.0945. The molecule has 0 spiro atoms. The quantitative estimate of drug-likeness (QED) is 0.516. The van der Waals surface area contributed by atoms with E-state index in [0.717, 1.165) is 6.07 Å². The minimum atomic E-state index is -0.768. The van der Waals surface area contributed by atoms with Crippen molar-refractivity contribution in [3.05, 3.63) is 62.9 Å². The first-order valence-corrected chi connectivity index (χ1v) is 6.07. The van der Waals surface area contributed by atoms with Gasteiger partial charge in [0.1, 0.15) is 17.1 Å². The second-order valence-corrected chi connectivity index (χ2v) is 4.49. The minimum Gasteiger partial charge on any atom is -0.393 e. The highest BCUT2D eigenvalue weighted by Crippen LogP contribution is 2.27. The van der Waals surface area contributed by atoms with Gasteiger partial charge >= 0.3 is 5.69 Å². The number of hydrogen-bond donors (Lipinski definition) is 2. The molecule has 0 heterocycles. The van der Waals surface area contributed by atoms with Crippen LogP contribution in [0.5, 0.6) is 0 Å².